The van der Waals surface area contributed by atoms with Gasteiger partial charge in [0, 0.05) is 31.0 Å². The van der Waals surface area contributed by atoms with Gasteiger partial charge in [0.25, 0.3) is 0 Å². The monoisotopic (exact) mass is 478 g/mol. The normalized spacial score (nSPS) is 21.5. The summed E-state index contributed by atoms with van der Waals surface area (Å²) in [5.74, 6) is 2.88. The minimum atomic E-state index is 0.130. The zero-order chi connectivity index (χ0) is 24.2. The molecule has 1 aromatic heterocycles. The fourth-order valence-electron chi connectivity index (χ4n) is 5.07. The number of hydrogen-bond acceptors (Lipinski definition) is 6. The molecule has 2 aliphatic carbocycles. The van der Waals surface area contributed by atoms with E-state index in [0.29, 0.717) is 18.0 Å². The molecular weight excluding hydrogens is 440 g/mol. The zero-order valence-corrected chi connectivity index (χ0v) is 21.0. The average molecular weight is 479 g/mol. The Balaban J connectivity index is 1.05. The highest BCUT2D eigenvalue weighted by Gasteiger charge is 2.27. The molecule has 5 rings (SSSR count). The van der Waals surface area contributed by atoms with Gasteiger partial charge in [0.1, 0.15) is 5.75 Å². The Morgan fingerprint density at radius 3 is 2.51 bits per heavy atom. The molecule has 1 amide bonds. The number of allylic oxidation sites excluding steroid dienone is 2. The van der Waals surface area contributed by atoms with Crippen LogP contribution in [0.2, 0.25) is 0 Å². The van der Waals surface area contributed by atoms with E-state index in [-0.39, 0.29) is 17.7 Å². The van der Waals surface area contributed by atoms with Crippen molar-refractivity contribution >= 4 is 17.5 Å². The summed E-state index contributed by atoms with van der Waals surface area (Å²) in [4.78, 5) is 19.1. The SMILES string of the molecule is CC(C)c1noc(N2CCC(COc3ccc(C4=CCC(C(=O)NC5CCC5)CC4)cc3)CC2)n1. The summed E-state index contributed by atoms with van der Waals surface area (Å²) >= 11 is 0. The van der Waals surface area contributed by atoms with Crippen LogP contribution in [0.5, 0.6) is 5.75 Å². The Morgan fingerprint density at radius 1 is 1.14 bits per heavy atom. The van der Waals surface area contributed by atoms with Crippen molar-refractivity contribution in [3.05, 3.63) is 41.7 Å². The van der Waals surface area contributed by atoms with Crippen LogP contribution < -0.4 is 15.0 Å². The number of nitrogens with one attached hydrogen (secondary N) is 1. The highest BCUT2D eigenvalue weighted by atomic mass is 16.5. The smallest absolute Gasteiger partial charge is 0.324 e. The number of rotatable bonds is 8. The first-order valence-electron chi connectivity index (χ1n) is 13.4. The summed E-state index contributed by atoms with van der Waals surface area (Å²) in [7, 11) is 0. The summed E-state index contributed by atoms with van der Waals surface area (Å²) in [6.07, 6.45) is 10.6. The van der Waals surface area contributed by atoms with Crippen molar-refractivity contribution in [1.82, 2.24) is 15.5 Å². The standard InChI is InChI=1S/C28H38N4O3/c1-19(2)26-30-28(35-31-26)32-16-14-20(15-17-32)18-34-25-12-10-22(11-13-25)21-6-8-23(9-7-21)27(33)29-24-4-3-5-24/h6,10-13,19-20,23-24H,3-5,7-9,14-18H2,1-2H3,(H,29,33). The van der Waals surface area contributed by atoms with Crippen LogP contribution >= 0.6 is 0 Å². The predicted octanol–water partition coefficient (Wildman–Crippen LogP) is 5.34. The van der Waals surface area contributed by atoms with Crippen molar-refractivity contribution < 1.29 is 14.1 Å². The number of piperidine rings is 1. The summed E-state index contributed by atoms with van der Waals surface area (Å²) in [6.45, 7) is 6.71. The zero-order valence-electron chi connectivity index (χ0n) is 21.0. The first kappa shape index (κ1) is 23.9. The lowest BCUT2D eigenvalue weighted by atomic mass is 9.85. The van der Waals surface area contributed by atoms with Crippen LogP contribution in [0.3, 0.4) is 0 Å². The topological polar surface area (TPSA) is 80.5 Å². The third kappa shape index (κ3) is 5.88. The van der Waals surface area contributed by atoms with E-state index in [1.54, 1.807) is 0 Å². The first-order valence-corrected chi connectivity index (χ1v) is 13.4. The molecule has 7 nitrogen and oxygen atoms in total. The fraction of sp³-hybridized carbons (Fsp3) is 0.607. The van der Waals surface area contributed by atoms with E-state index in [1.165, 1.54) is 17.6 Å². The van der Waals surface area contributed by atoms with E-state index in [9.17, 15) is 4.79 Å². The number of aromatic nitrogens is 2. The van der Waals surface area contributed by atoms with Crippen molar-refractivity contribution in [3.8, 4) is 5.75 Å². The maximum atomic E-state index is 12.4. The number of amides is 1. The van der Waals surface area contributed by atoms with E-state index in [1.807, 2.05) is 0 Å². The number of carbonyl (C=O) groups is 1. The Labute approximate surface area is 208 Å². The summed E-state index contributed by atoms with van der Waals surface area (Å²) in [5.41, 5.74) is 2.59. The number of ether oxygens (including phenoxy) is 1. The van der Waals surface area contributed by atoms with Gasteiger partial charge in [-0.2, -0.15) is 4.98 Å². The van der Waals surface area contributed by atoms with E-state index in [2.05, 4.69) is 64.5 Å². The summed E-state index contributed by atoms with van der Waals surface area (Å²) < 4.78 is 11.6. The number of benzene rings is 1. The van der Waals surface area contributed by atoms with Crippen LogP contribution in [0.4, 0.5) is 6.01 Å². The molecule has 35 heavy (non-hydrogen) atoms. The molecule has 2 fully saturated rings. The minimum absolute atomic E-state index is 0.130. The molecule has 0 radical (unpaired) electrons. The summed E-state index contributed by atoms with van der Waals surface area (Å²) in [6, 6.07) is 9.53. The molecule has 1 aromatic carbocycles. The molecule has 1 unspecified atom stereocenters. The van der Waals surface area contributed by atoms with Gasteiger partial charge in [0.15, 0.2) is 5.82 Å². The van der Waals surface area contributed by atoms with Crippen LogP contribution in [0, 0.1) is 11.8 Å². The van der Waals surface area contributed by atoms with Crippen molar-refractivity contribution in [2.24, 2.45) is 11.8 Å². The Morgan fingerprint density at radius 2 is 1.91 bits per heavy atom. The van der Waals surface area contributed by atoms with Gasteiger partial charge in [0.05, 0.1) is 6.61 Å². The quantitative estimate of drug-likeness (QED) is 0.552. The number of anilines is 1. The van der Waals surface area contributed by atoms with Crippen molar-refractivity contribution in [3.63, 3.8) is 0 Å². The first-order chi connectivity index (χ1) is 17.0. The molecule has 0 spiro atoms. The second-order valence-electron chi connectivity index (χ2n) is 10.7. The maximum Gasteiger partial charge on any atom is 0.324 e. The molecule has 7 heteroatoms. The third-order valence-corrected chi connectivity index (χ3v) is 7.78. The Kier molecular flexibility index (Phi) is 7.40. The van der Waals surface area contributed by atoms with Crippen molar-refractivity contribution in [2.75, 3.05) is 24.6 Å². The number of nitrogens with zero attached hydrogens (tertiary/aromatic N) is 3. The van der Waals surface area contributed by atoms with Gasteiger partial charge in [-0.15, -0.1) is 0 Å². The lowest BCUT2D eigenvalue weighted by Gasteiger charge is -2.30. The van der Waals surface area contributed by atoms with Gasteiger partial charge in [-0.1, -0.05) is 37.2 Å². The molecule has 3 aliphatic rings. The van der Waals surface area contributed by atoms with Crippen molar-refractivity contribution in [2.45, 2.75) is 77.2 Å². The van der Waals surface area contributed by atoms with Crippen LogP contribution in [0.1, 0.15) is 82.5 Å². The molecule has 1 N–H and O–H groups in total. The minimum Gasteiger partial charge on any atom is -0.493 e. The lowest BCUT2D eigenvalue weighted by molar-refractivity contribution is -0.126. The van der Waals surface area contributed by atoms with Crippen molar-refractivity contribution in [1.29, 1.82) is 0 Å². The van der Waals surface area contributed by atoms with Gasteiger partial charge in [-0.25, -0.2) is 0 Å². The molecule has 2 heterocycles. The largest absolute Gasteiger partial charge is 0.493 e. The molecule has 2 aromatic rings. The van der Waals surface area contributed by atoms with Gasteiger partial charge < -0.3 is 19.5 Å². The van der Waals surface area contributed by atoms with Gasteiger partial charge >= 0.3 is 6.01 Å². The Hall–Kier alpha value is -2.83. The van der Waals surface area contributed by atoms with Gasteiger partial charge in [0.2, 0.25) is 5.91 Å². The maximum absolute atomic E-state index is 12.4. The number of hydrogen-bond donors (Lipinski definition) is 1. The molecule has 1 saturated heterocycles. The molecule has 1 aliphatic heterocycles. The van der Waals surface area contributed by atoms with Gasteiger partial charge in [-0.05, 0) is 80.6 Å². The summed E-state index contributed by atoms with van der Waals surface area (Å²) in [5, 5.41) is 7.29. The van der Waals surface area contributed by atoms with Gasteiger partial charge in [-0.3, -0.25) is 4.79 Å². The van der Waals surface area contributed by atoms with E-state index in [0.717, 1.165) is 76.2 Å². The highest BCUT2D eigenvalue weighted by Crippen LogP contribution is 2.32. The molecule has 0 bridgehead atoms. The molecule has 1 saturated carbocycles. The van der Waals surface area contributed by atoms with Crippen LogP contribution in [-0.2, 0) is 4.79 Å². The van der Waals surface area contributed by atoms with Crippen LogP contribution in [0.25, 0.3) is 5.57 Å². The molecule has 188 valence electrons. The van der Waals surface area contributed by atoms with Crippen LogP contribution in [0.15, 0.2) is 34.9 Å². The fourth-order valence-corrected chi connectivity index (χ4v) is 5.07. The second kappa shape index (κ2) is 10.8. The molecular formula is C28H38N4O3. The third-order valence-electron chi connectivity index (χ3n) is 7.78. The lowest BCUT2D eigenvalue weighted by Crippen LogP contribution is -2.42. The predicted molar refractivity (Wildman–Crippen MR) is 136 cm³/mol. The highest BCUT2D eigenvalue weighted by molar-refractivity contribution is 5.81. The van der Waals surface area contributed by atoms with E-state index < -0.39 is 0 Å². The second-order valence-corrected chi connectivity index (χ2v) is 10.7. The average Bonchev–Trinajstić information content (AvgIpc) is 3.36. The number of carbonyl (C=O) groups excluding carboxylic acids is 1. The Bertz CT molecular complexity index is 1020. The van der Waals surface area contributed by atoms with E-state index >= 15 is 0 Å². The van der Waals surface area contributed by atoms with Crippen LogP contribution in [-0.4, -0.2) is 41.8 Å². The van der Waals surface area contributed by atoms with E-state index in [4.69, 9.17) is 9.26 Å². The molecule has 1 atom stereocenters.